The van der Waals surface area contributed by atoms with Crippen LogP contribution >= 0.6 is 11.5 Å². The van der Waals surface area contributed by atoms with E-state index in [4.69, 9.17) is 0 Å². The van der Waals surface area contributed by atoms with Gasteiger partial charge < -0.3 is 5.11 Å². The number of aryl methyl sites for hydroxylation is 1. The first-order valence-corrected chi connectivity index (χ1v) is 6.10. The number of hydrogen-bond donors (Lipinski definition) is 1. The van der Waals surface area contributed by atoms with Crippen LogP contribution in [0, 0.1) is 11.8 Å². The Morgan fingerprint density at radius 2 is 2.21 bits per heavy atom. The molecule has 1 aromatic heterocycles. The number of rotatable bonds is 2. The maximum Gasteiger partial charge on any atom is 0.109 e. The van der Waals surface area contributed by atoms with Gasteiger partial charge in [-0.15, -0.1) is 5.10 Å². The third-order valence-electron chi connectivity index (χ3n) is 3.79. The van der Waals surface area contributed by atoms with Crippen LogP contribution in [-0.4, -0.2) is 14.7 Å². The van der Waals surface area contributed by atoms with Gasteiger partial charge in [0, 0.05) is 0 Å². The van der Waals surface area contributed by atoms with Crippen LogP contribution < -0.4 is 0 Å². The molecule has 3 rings (SSSR count). The summed E-state index contributed by atoms with van der Waals surface area (Å²) in [5.41, 5.74) is 0.476. The molecular weight excluding hydrogens is 196 g/mol. The minimum absolute atomic E-state index is 0.509. The maximum absolute atomic E-state index is 10.5. The smallest absolute Gasteiger partial charge is 0.109 e. The van der Waals surface area contributed by atoms with Crippen molar-refractivity contribution in [1.82, 2.24) is 9.59 Å². The molecule has 0 aliphatic heterocycles. The van der Waals surface area contributed by atoms with Crippen molar-refractivity contribution in [2.75, 3.05) is 0 Å². The fraction of sp³-hybridized carbons (Fsp3) is 0.800. The first-order valence-electron chi connectivity index (χ1n) is 5.32. The van der Waals surface area contributed by atoms with Crippen molar-refractivity contribution in [3.8, 4) is 0 Å². The Labute approximate surface area is 87.3 Å². The molecule has 14 heavy (non-hydrogen) atoms. The average Bonchev–Trinajstić information content (AvgIpc) is 2.77. The van der Waals surface area contributed by atoms with E-state index in [1.165, 1.54) is 30.8 Å². The quantitative estimate of drug-likeness (QED) is 0.808. The van der Waals surface area contributed by atoms with Crippen LogP contribution in [0.1, 0.15) is 36.8 Å². The molecule has 2 aliphatic rings. The average molecular weight is 210 g/mol. The summed E-state index contributed by atoms with van der Waals surface area (Å²) in [4.78, 5) is 1.05. The van der Waals surface area contributed by atoms with Crippen LogP contribution in [0.15, 0.2) is 0 Å². The molecule has 2 aliphatic carbocycles. The Balaban J connectivity index is 1.96. The standard InChI is InChI=1S/C10H14N2OS/c1-2-8-9(14-12-11-8)10(13)6-4-3-5-7(6)10/h6-7,13H,2-5H2,1H3. The lowest BCUT2D eigenvalue weighted by Crippen LogP contribution is -2.13. The lowest BCUT2D eigenvalue weighted by molar-refractivity contribution is 0.108. The summed E-state index contributed by atoms with van der Waals surface area (Å²) >= 11 is 1.39. The van der Waals surface area contributed by atoms with Crippen LogP contribution in [0.5, 0.6) is 0 Å². The topological polar surface area (TPSA) is 46.0 Å². The van der Waals surface area contributed by atoms with Crippen molar-refractivity contribution < 1.29 is 5.11 Å². The molecule has 2 saturated carbocycles. The monoisotopic (exact) mass is 210 g/mol. The first kappa shape index (κ1) is 8.80. The molecule has 1 N–H and O–H groups in total. The Morgan fingerprint density at radius 3 is 2.86 bits per heavy atom. The van der Waals surface area contributed by atoms with Gasteiger partial charge in [-0.05, 0) is 42.6 Å². The van der Waals surface area contributed by atoms with E-state index in [1.807, 2.05) is 0 Å². The number of nitrogens with zero attached hydrogens (tertiary/aromatic N) is 2. The molecule has 3 nitrogen and oxygen atoms in total. The lowest BCUT2D eigenvalue weighted by Gasteiger charge is -2.12. The predicted molar refractivity (Wildman–Crippen MR) is 54.0 cm³/mol. The largest absolute Gasteiger partial charge is 0.384 e. The van der Waals surface area contributed by atoms with Crippen molar-refractivity contribution in [1.29, 1.82) is 0 Å². The van der Waals surface area contributed by atoms with Gasteiger partial charge in [0.05, 0.1) is 10.6 Å². The lowest BCUT2D eigenvalue weighted by atomic mass is 10.0. The fourth-order valence-corrected chi connectivity index (χ4v) is 3.96. The molecule has 0 saturated heterocycles. The fourth-order valence-electron chi connectivity index (χ4n) is 3.00. The van der Waals surface area contributed by atoms with Crippen molar-refractivity contribution in [2.45, 2.75) is 38.2 Å². The zero-order valence-electron chi connectivity index (χ0n) is 8.23. The van der Waals surface area contributed by atoms with Crippen molar-refractivity contribution in [3.63, 3.8) is 0 Å². The molecule has 4 heteroatoms. The van der Waals surface area contributed by atoms with Gasteiger partial charge in [-0.25, -0.2) is 0 Å². The molecule has 2 fully saturated rings. The zero-order chi connectivity index (χ0) is 9.76. The van der Waals surface area contributed by atoms with Gasteiger partial charge in [0.2, 0.25) is 0 Å². The van der Waals surface area contributed by atoms with E-state index in [1.54, 1.807) is 0 Å². The Hall–Kier alpha value is -0.480. The van der Waals surface area contributed by atoms with Crippen molar-refractivity contribution >= 4 is 11.5 Å². The Morgan fingerprint density at radius 1 is 1.50 bits per heavy atom. The summed E-state index contributed by atoms with van der Waals surface area (Å²) in [6.45, 7) is 2.07. The molecule has 0 amide bonds. The van der Waals surface area contributed by atoms with Crippen molar-refractivity contribution in [2.24, 2.45) is 11.8 Å². The number of aromatic nitrogens is 2. The van der Waals surface area contributed by atoms with E-state index in [-0.39, 0.29) is 0 Å². The summed E-state index contributed by atoms with van der Waals surface area (Å²) in [6, 6.07) is 0. The van der Waals surface area contributed by atoms with Crippen LogP contribution in [0.2, 0.25) is 0 Å². The van der Waals surface area contributed by atoms with Gasteiger partial charge in [0.25, 0.3) is 0 Å². The van der Waals surface area contributed by atoms with E-state index in [0.29, 0.717) is 11.8 Å². The van der Waals surface area contributed by atoms with E-state index < -0.39 is 5.60 Å². The van der Waals surface area contributed by atoms with Crippen LogP contribution in [0.4, 0.5) is 0 Å². The zero-order valence-corrected chi connectivity index (χ0v) is 9.05. The molecule has 0 radical (unpaired) electrons. The highest BCUT2D eigenvalue weighted by molar-refractivity contribution is 7.05. The second kappa shape index (κ2) is 2.76. The molecule has 0 bridgehead atoms. The highest BCUT2D eigenvalue weighted by atomic mass is 32.1. The molecule has 2 unspecified atom stereocenters. The van der Waals surface area contributed by atoms with E-state index in [9.17, 15) is 5.11 Å². The van der Waals surface area contributed by atoms with Gasteiger partial charge in [-0.1, -0.05) is 17.8 Å². The molecule has 0 spiro atoms. The summed E-state index contributed by atoms with van der Waals surface area (Å²) in [7, 11) is 0. The SMILES string of the molecule is CCc1nnsc1C1(O)C2CCCC21. The van der Waals surface area contributed by atoms with Gasteiger partial charge in [0.15, 0.2) is 0 Å². The summed E-state index contributed by atoms with van der Waals surface area (Å²) in [5.74, 6) is 1.02. The summed E-state index contributed by atoms with van der Waals surface area (Å²) in [5, 5.41) is 14.6. The molecule has 76 valence electrons. The second-order valence-electron chi connectivity index (χ2n) is 4.37. The molecule has 2 atom stereocenters. The Bertz CT molecular complexity index is 353. The molecule has 0 aromatic carbocycles. The molecule has 1 heterocycles. The van der Waals surface area contributed by atoms with Crippen LogP contribution in [0.3, 0.4) is 0 Å². The predicted octanol–water partition coefficient (Wildman–Crippen LogP) is 1.72. The highest BCUT2D eigenvalue weighted by Gasteiger charge is 2.67. The van der Waals surface area contributed by atoms with Gasteiger partial charge in [-0.3, -0.25) is 0 Å². The normalized spacial score (nSPS) is 39.9. The van der Waals surface area contributed by atoms with E-state index >= 15 is 0 Å². The summed E-state index contributed by atoms with van der Waals surface area (Å²) in [6.07, 6.45) is 4.53. The van der Waals surface area contributed by atoms with Gasteiger partial charge in [0.1, 0.15) is 5.60 Å². The minimum atomic E-state index is -0.530. The number of aliphatic hydroxyl groups is 1. The van der Waals surface area contributed by atoms with Crippen LogP contribution in [0.25, 0.3) is 0 Å². The summed E-state index contributed by atoms with van der Waals surface area (Å²) < 4.78 is 3.96. The first-order chi connectivity index (χ1) is 6.78. The third-order valence-corrected chi connectivity index (χ3v) is 4.70. The molecule has 1 aromatic rings. The van der Waals surface area contributed by atoms with Crippen LogP contribution in [-0.2, 0) is 12.0 Å². The Kier molecular flexibility index (Phi) is 1.74. The van der Waals surface area contributed by atoms with E-state index in [0.717, 1.165) is 17.0 Å². The molecular formula is C10H14N2OS. The van der Waals surface area contributed by atoms with E-state index in [2.05, 4.69) is 16.5 Å². The minimum Gasteiger partial charge on any atom is -0.384 e. The highest BCUT2D eigenvalue weighted by Crippen LogP contribution is 2.67. The van der Waals surface area contributed by atoms with Crippen molar-refractivity contribution in [3.05, 3.63) is 10.6 Å². The number of fused-ring (bicyclic) bond motifs is 1. The van der Waals surface area contributed by atoms with Gasteiger partial charge >= 0.3 is 0 Å². The van der Waals surface area contributed by atoms with Gasteiger partial charge in [-0.2, -0.15) is 0 Å². The number of hydrogen-bond acceptors (Lipinski definition) is 4. The second-order valence-corrected chi connectivity index (χ2v) is 5.13. The third kappa shape index (κ3) is 0.906. The maximum atomic E-state index is 10.5.